The van der Waals surface area contributed by atoms with Gasteiger partial charge >= 0.3 is 12.0 Å². The van der Waals surface area contributed by atoms with Gasteiger partial charge in [0.25, 0.3) is 0 Å². The van der Waals surface area contributed by atoms with E-state index in [1.54, 1.807) is 24.4 Å². The van der Waals surface area contributed by atoms with Gasteiger partial charge in [-0.2, -0.15) is 0 Å². The zero-order chi connectivity index (χ0) is 21.5. The Kier molecular flexibility index (Phi) is 4.52. The van der Waals surface area contributed by atoms with Crippen LogP contribution in [-0.2, 0) is 4.74 Å². The zero-order valence-electron chi connectivity index (χ0n) is 16.6. The summed E-state index contributed by atoms with van der Waals surface area (Å²) in [6, 6.07) is 14.2. The minimum Gasteiger partial charge on any atom is -0.465 e. The van der Waals surface area contributed by atoms with Crippen molar-refractivity contribution in [3.05, 3.63) is 65.3 Å². The maximum Gasteiger partial charge on any atom is 0.350 e. The predicted octanol–water partition coefficient (Wildman–Crippen LogP) is 5.26. The molecule has 2 amide bonds. The van der Waals surface area contributed by atoms with Gasteiger partial charge in [0, 0.05) is 12.3 Å². The van der Waals surface area contributed by atoms with Gasteiger partial charge in [0.1, 0.15) is 15.5 Å². The van der Waals surface area contributed by atoms with Crippen LogP contribution in [0, 0.1) is 6.92 Å². The summed E-state index contributed by atoms with van der Waals surface area (Å²) >= 11 is 1.18. The lowest BCUT2D eigenvalue weighted by molar-refractivity contribution is 0.0607. The summed E-state index contributed by atoms with van der Waals surface area (Å²) in [7, 11) is 1.30. The van der Waals surface area contributed by atoms with Gasteiger partial charge in [0.2, 0.25) is 5.88 Å². The molecular weight excluding hydrogens is 416 g/mol. The fourth-order valence-corrected chi connectivity index (χ4v) is 4.53. The molecular formula is C22H16N4O4S. The Morgan fingerprint density at radius 2 is 1.90 bits per heavy atom. The first kappa shape index (κ1) is 19.0. The molecule has 0 radical (unpaired) electrons. The average Bonchev–Trinajstić information content (AvgIpc) is 3.14. The van der Waals surface area contributed by atoms with Crippen LogP contribution in [0.15, 0.2) is 54.7 Å². The molecule has 1 aliphatic rings. The van der Waals surface area contributed by atoms with E-state index in [1.807, 2.05) is 37.3 Å². The van der Waals surface area contributed by atoms with Gasteiger partial charge < -0.3 is 14.8 Å². The standard InChI is InChI=1S/C22H16N4O4S/c1-12-14(8-9-16(24-12)30-13-6-4-3-5-7-13)26-15-10-11-23-20-17(15)18(25-22(26)28)19(31-20)21(27)29-2/h3-11H,1-2H3,(H,25,28). The maximum absolute atomic E-state index is 13.1. The van der Waals surface area contributed by atoms with E-state index < -0.39 is 12.0 Å². The Morgan fingerprint density at radius 1 is 1.10 bits per heavy atom. The molecule has 1 N–H and O–H groups in total. The molecule has 4 heterocycles. The number of methoxy groups -OCH3 is 1. The molecule has 0 saturated carbocycles. The minimum atomic E-state index is -0.516. The van der Waals surface area contributed by atoms with Crippen LogP contribution in [0.25, 0.3) is 10.2 Å². The Hall–Kier alpha value is -3.98. The van der Waals surface area contributed by atoms with E-state index in [4.69, 9.17) is 9.47 Å². The average molecular weight is 432 g/mol. The highest BCUT2D eigenvalue weighted by atomic mass is 32.1. The molecule has 4 aromatic rings. The first-order valence-corrected chi connectivity index (χ1v) is 10.2. The van der Waals surface area contributed by atoms with Crippen molar-refractivity contribution >= 4 is 50.6 Å². The van der Waals surface area contributed by atoms with Gasteiger partial charge in [0.05, 0.1) is 35.3 Å². The molecule has 31 heavy (non-hydrogen) atoms. The summed E-state index contributed by atoms with van der Waals surface area (Å²) in [5.41, 5.74) is 2.25. The summed E-state index contributed by atoms with van der Waals surface area (Å²) in [5.74, 6) is 0.582. The largest absolute Gasteiger partial charge is 0.465 e. The number of para-hydroxylation sites is 1. The van der Waals surface area contributed by atoms with Gasteiger partial charge in [-0.3, -0.25) is 4.90 Å². The highest BCUT2D eigenvalue weighted by Gasteiger charge is 2.33. The fraction of sp³-hybridized carbons (Fsp3) is 0.0909. The zero-order valence-corrected chi connectivity index (χ0v) is 17.4. The van der Waals surface area contributed by atoms with Gasteiger partial charge in [-0.05, 0) is 31.2 Å². The SMILES string of the molecule is COC(=O)c1sc2nccc3c2c1NC(=O)N3c1ccc(Oc2ccccc2)nc1C. The number of rotatable bonds is 4. The van der Waals surface area contributed by atoms with Crippen molar-refractivity contribution in [2.45, 2.75) is 6.92 Å². The fourth-order valence-electron chi connectivity index (χ4n) is 3.49. The molecule has 8 nitrogen and oxygen atoms in total. The number of pyridine rings is 2. The molecule has 1 aromatic carbocycles. The Labute approximate surface area is 181 Å². The number of aromatic nitrogens is 2. The first-order chi connectivity index (χ1) is 15.1. The van der Waals surface area contributed by atoms with Crippen LogP contribution in [0.2, 0.25) is 0 Å². The number of nitrogens with one attached hydrogen (secondary N) is 1. The van der Waals surface area contributed by atoms with Crippen LogP contribution in [-0.4, -0.2) is 29.1 Å². The minimum absolute atomic E-state index is 0.312. The normalized spacial score (nSPS) is 12.6. The summed E-state index contributed by atoms with van der Waals surface area (Å²) < 4.78 is 10.6. The summed E-state index contributed by atoms with van der Waals surface area (Å²) in [5, 5.41) is 3.51. The van der Waals surface area contributed by atoms with Crippen LogP contribution in [0.3, 0.4) is 0 Å². The molecule has 0 bridgehead atoms. The van der Waals surface area contributed by atoms with Gasteiger partial charge in [-0.1, -0.05) is 18.2 Å². The molecule has 154 valence electrons. The second-order valence-corrected chi connectivity index (χ2v) is 7.74. The number of ether oxygens (including phenoxy) is 2. The maximum atomic E-state index is 13.1. The van der Waals surface area contributed by atoms with E-state index in [-0.39, 0.29) is 0 Å². The lowest BCUT2D eigenvalue weighted by Gasteiger charge is -2.29. The van der Waals surface area contributed by atoms with Gasteiger partial charge in [-0.15, -0.1) is 11.3 Å². The smallest absolute Gasteiger partial charge is 0.350 e. The van der Waals surface area contributed by atoms with Gasteiger partial charge in [0.15, 0.2) is 0 Å². The van der Waals surface area contributed by atoms with Crippen molar-refractivity contribution in [2.24, 2.45) is 0 Å². The molecule has 1 aliphatic heterocycles. The summed E-state index contributed by atoms with van der Waals surface area (Å²) in [6.07, 6.45) is 1.61. The number of hydrogen-bond donors (Lipinski definition) is 1. The summed E-state index contributed by atoms with van der Waals surface area (Å²) in [6.45, 7) is 1.81. The van der Waals surface area contributed by atoms with Crippen molar-refractivity contribution in [2.75, 3.05) is 17.3 Å². The van der Waals surface area contributed by atoms with Crippen LogP contribution >= 0.6 is 11.3 Å². The molecule has 3 aromatic heterocycles. The molecule has 0 fully saturated rings. The monoisotopic (exact) mass is 432 g/mol. The number of urea groups is 1. The van der Waals surface area contributed by atoms with E-state index >= 15 is 0 Å². The second-order valence-electron chi connectivity index (χ2n) is 6.74. The number of thiophene rings is 1. The molecule has 0 saturated heterocycles. The molecule has 0 spiro atoms. The van der Waals surface area contributed by atoms with Crippen molar-refractivity contribution in [3.63, 3.8) is 0 Å². The lowest BCUT2D eigenvalue weighted by atomic mass is 10.1. The third kappa shape index (κ3) is 3.15. The van der Waals surface area contributed by atoms with Crippen LogP contribution in [0.5, 0.6) is 11.6 Å². The van der Waals surface area contributed by atoms with Crippen LogP contribution in [0.1, 0.15) is 15.4 Å². The quantitative estimate of drug-likeness (QED) is 0.442. The van der Waals surface area contributed by atoms with Crippen molar-refractivity contribution in [1.29, 1.82) is 0 Å². The van der Waals surface area contributed by atoms with E-state index in [0.29, 0.717) is 49.5 Å². The lowest BCUT2D eigenvalue weighted by Crippen LogP contribution is -2.34. The first-order valence-electron chi connectivity index (χ1n) is 9.38. The van der Waals surface area contributed by atoms with E-state index in [1.165, 1.54) is 23.3 Å². The number of esters is 1. The number of benzene rings is 1. The topological polar surface area (TPSA) is 93.6 Å². The number of hydrogen-bond acceptors (Lipinski definition) is 7. The number of anilines is 3. The second kappa shape index (κ2) is 7.37. The van der Waals surface area contributed by atoms with Crippen LogP contribution in [0.4, 0.5) is 21.9 Å². The number of carbonyl (C=O) groups excluding carboxylic acids is 2. The van der Waals surface area contributed by atoms with E-state index in [9.17, 15) is 9.59 Å². The highest BCUT2D eigenvalue weighted by molar-refractivity contribution is 7.21. The number of nitrogens with zero attached hydrogens (tertiary/aromatic N) is 3. The molecule has 9 heteroatoms. The van der Waals surface area contributed by atoms with E-state index in [2.05, 4.69) is 15.3 Å². The number of aryl methyl sites for hydroxylation is 1. The highest BCUT2D eigenvalue weighted by Crippen LogP contribution is 2.46. The Balaban J connectivity index is 1.58. The van der Waals surface area contributed by atoms with Crippen molar-refractivity contribution in [1.82, 2.24) is 9.97 Å². The molecule has 5 rings (SSSR count). The van der Waals surface area contributed by atoms with E-state index in [0.717, 1.165) is 0 Å². The third-order valence-corrected chi connectivity index (χ3v) is 5.93. The van der Waals surface area contributed by atoms with Crippen molar-refractivity contribution in [3.8, 4) is 11.6 Å². The van der Waals surface area contributed by atoms with Crippen LogP contribution < -0.4 is 15.0 Å². The Bertz CT molecular complexity index is 1340. The Morgan fingerprint density at radius 3 is 2.65 bits per heavy atom. The number of amides is 2. The molecule has 0 aliphatic carbocycles. The van der Waals surface area contributed by atoms with Gasteiger partial charge in [-0.25, -0.2) is 19.6 Å². The molecule has 0 unspecified atom stereocenters. The van der Waals surface area contributed by atoms with Crippen molar-refractivity contribution < 1.29 is 19.1 Å². The number of carbonyl (C=O) groups is 2. The third-order valence-electron chi connectivity index (χ3n) is 4.86. The molecule has 0 atom stereocenters. The summed E-state index contributed by atoms with van der Waals surface area (Å²) in [4.78, 5) is 36.6. The predicted molar refractivity (Wildman–Crippen MR) is 118 cm³/mol.